The summed E-state index contributed by atoms with van der Waals surface area (Å²) in [5.74, 6) is 0. The maximum Gasteiger partial charge on any atom is 0.262 e. The SMILES string of the molecule is CC(C)(C)Cn1c(=O)c2ccccc2n(Cc2ccccc2)c1=N. The van der Waals surface area contributed by atoms with Crippen LogP contribution in [0.15, 0.2) is 59.4 Å². The summed E-state index contributed by atoms with van der Waals surface area (Å²) in [6, 6.07) is 17.6. The van der Waals surface area contributed by atoms with Gasteiger partial charge in [-0.05, 0) is 23.1 Å². The molecule has 4 heteroatoms. The Balaban J connectivity index is 2.27. The first kappa shape index (κ1) is 16.2. The van der Waals surface area contributed by atoms with E-state index in [2.05, 4.69) is 20.8 Å². The highest BCUT2D eigenvalue weighted by molar-refractivity contribution is 5.77. The number of rotatable bonds is 3. The Morgan fingerprint density at radius 3 is 2.21 bits per heavy atom. The lowest BCUT2D eigenvalue weighted by Crippen LogP contribution is -2.42. The standard InChI is InChI=1S/C20H23N3O/c1-20(2,3)14-23-18(24)16-11-7-8-12-17(16)22(19(23)21)13-15-9-5-4-6-10-15/h4-12,21H,13-14H2,1-3H3. The van der Waals surface area contributed by atoms with Crippen LogP contribution in [0, 0.1) is 10.8 Å². The predicted octanol–water partition coefficient (Wildman–Crippen LogP) is 3.38. The Bertz CT molecular complexity index is 976. The second-order valence-corrected chi connectivity index (χ2v) is 7.36. The average Bonchev–Trinajstić information content (AvgIpc) is 2.55. The molecular weight excluding hydrogens is 298 g/mol. The summed E-state index contributed by atoms with van der Waals surface area (Å²) in [6.07, 6.45) is 0. The smallest absolute Gasteiger partial charge is 0.262 e. The Kier molecular flexibility index (Phi) is 4.14. The molecule has 3 aromatic rings. The zero-order valence-corrected chi connectivity index (χ0v) is 14.4. The van der Waals surface area contributed by atoms with Crippen LogP contribution in [-0.2, 0) is 13.1 Å². The second-order valence-electron chi connectivity index (χ2n) is 7.36. The minimum absolute atomic E-state index is 0.0767. The van der Waals surface area contributed by atoms with E-state index in [4.69, 9.17) is 5.41 Å². The summed E-state index contributed by atoms with van der Waals surface area (Å²) in [7, 11) is 0. The van der Waals surface area contributed by atoms with Gasteiger partial charge >= 0.3 is 0 Å². The van der Waals surface area contributed by atoms with E-state index < -0.39 is 0 Å². The second kappa shape index (κ2) is 6.11. The molecule has 0 bridgehead atoms. The zero-order valence-electron chi connectivity index (χ0n) is 14.4. The lowest BCUT2D eigenvalue weighted by molar-refractivity contribution is 0.324. The largest absolute Gasteiger partial charge is 0.307 e. The van der Waals surface area contributed by atoms with Gasteiger partial charge in [0.25, 0.3) is 5.56 Å². The van der Waals surface area contributed by atoms with Gasteiger partial charge < -0.3 is 4.57 Å². The van der Waals surface area contributed by atoms with Crippen molar-refractivity contribution in [2.45, 2.75) is 33.9 Å². The summed E-state index contributed by atoms with van der Waals surface area (Å²) in [5, 5.41) is 9.29. The summed E-state index contributed by atoms with van der Waals surface area (Å²) < 4.78 is 3.50. The van der Waals surface area contributed by atoms with Gasteiger partial charge in [-0.15, -0.1) is 0 Å². The molecule has 0 aliphatic heterocycles. The van der Waals surface area contributed by atoms with E-state index in [1.165, 1.54) is 0 Å². The topological polar surface area (TPSA) is 50.8 Å². The van der Waals surface area contributed by atoms with E-state index in [0.29, 0.717) is 18.5 Å². The average molecular weight is 321 g/mol. The van der Waals surface area contributed by atoms with Crippen LogP contribution in [0.5, 0.6) is 0 Å². The fourth-order valence-corrected chi connectivity index (χ4v) is 2.94. The van der Waals surface area contributed by atoms with Crippen molar-refractivity contribution in [3.8, 4) is 0 Å². The number of hydrogen-bond acceptors (Lipinski definition) is 2. The molecule has 0 fully saturated rings. The minimum Gasteiger partial charge on any atom is -0.307 e. The van der Waals surface area contributed by atoms with Crippen LogP contribution in [0.4, 0.5) is 0 Å². The maximum atomic E-state index is 12.9. The summed E-state index contributed by atoms with van der Waals surface area (Å²) in [5.41, 5.74) is 2.00. The molecule has 0 aliphatic rings. The molecule has 1 N–H and O–H groups in total. The van der Waals surface area contributed by atoms with Gasteiger partial charge in [-0.25, -0.2) is 0 Å². The van der Waals surface area contributed by atoms with Crippen LogP contribution in [0.25, 0.3) is 10.9 Å². The van der Waals surface area contributed by atoms with Crippen molar-refractivity contribution < 1.29 is 0 Å². The number of benzene rings is 2. The quantitative estimate of drug-likeness (QED) is 0.790. The first-order valence-electron chi connectivity index (χ1n) is 8.18. The molecule has 1 aromatic heterocycles. The number of nitrogens with zero attached hydrogens (tertiary/aromatic N) is 2. The van der Waals surface area contributed by atoms with Gasteiger partial charge in [0.15, 0.2) is 0 Å². The summed E-state index contributed by atoms with van der Waals surface area (Å²) in [4.78, 5) is 12.9. The Morgan fingerprint density at radius 1 is 0.917 bits per heavy atom. The van der Waals surface area contributed by atoms with Gasteiger partial charge in [-0.1, -0.05) is 63.2 Å². The van der Waals surface area contributed by atoms with Gasteiger partial charge in [0.1, 0.15) is 0 Å². The van der Waals surface area contributed by atoms with Gasteiger partial charge in [0.2, 0.25) is 5.62 Å². The maximum absolute atomic E-state index is 12.9. The molecule has 3 rings (SSSR count). The van der Waals surface area contributed by atoms with Crippen LogP contribution in [0.1, 0.15) is 26.3 Å². The number of para-hydroxylation sites is 1. The third-order valence-electron chi connectivity index (χ3n) is 4.00. The molecule has 0 amide bonds. The molecule has 4 nitrogen and oxygen atoms in total. The lowest BCUT2D eigenvalue weighted by atomic mass is 9.97. The van der Waals surface area contributed by atoms with Crippen molar-refractivity contribution >= 4 is 10.9 Å². The highest BCUT2D eigenvalue weighted by atomic mass is 16.1. The van der Waals surface area contributed by atoms with E-state index in [0.717, 1.165) is 11.1 Å². The van der Waals surface area contributed by atoms with Crippen LogP contribution >= 0.6 is 0 Å². The van der Waals surface area contributed by atoms with Crippen LogP contribution in [0.2, 0.25) is 0 Å². The summed E-state index contributed by atoms with van der Waals surface area (Å²) >= 11 is 0. The normalized spacial score (nSPS) is 11.8. The predicted molar refractivity (Wildman–Crippen MR) is 97.1 cm³/mol. The van der Waals surface area contributed by atoms with Crippen molar-refractivity contribution in [2.75, 3.05) is 0 Å². The molecule has 0 saturated heterocycles. The fraction of sp³-hybridized carbons (Fsp3) is 0.300. The molecule has 0 aliphatic carbocycles. The first-order chi connectivity index (χ1) is 11.4. The lowest BCUT2D eigenvalue weighted by Gasteiger charge is -2.22. The van der Waals surface area contributed by atoms with Crippen LogP contribution in [0.3, 0.4) is 0 Å². The number of hydrogen-bond donors (Lipinski definition) is 1. The Morgan fingerprint density at radius 2 is 1.54 bits per heavy atom. The Labute approximate surface area is 141 Å². The van der Waals surface area contributed by atoms with Crippen molar-refractivity contribution in [1.82, 2.24) is 9.13 Å². The van der Waals surface area contributed by atoms with E-state index >= 15 is 0 Å². The molecular formula is C20H23N3O. The van der Waals surface area contributed by atoms with Crippen molar-refractivity contribution in [1.29, 1.82) is 5.41 Å². The molecule has 0 atom stereocenters. The van der Waals surface area contributed by atoms with Gasteiger partial charge in [0.05, 0.1) is 17.4 Å². The number of nitrogens with one attached hydrogen (secondary N) is 1. The van der Waals surface area contributed by atoms with Crippen molar-refractivity contribution in [2.24, 2.45) is 5.41 Å². The van der Waals surface area contributed by atoms with Gasteiger partial charge in [-0.2, -0.15) is 0 Å². The molecule has 0 unspecified atom stereocenters. The number of fused-ring (bicyclic) bond motifs is 1. The molecule has 24 heavy (non-hydrogen) atoms. The monoisotopic (exact) mass is 321 g/mol. The van der Waals surface area contributed by atoms with Crippen molar-refractivity contribution in [3.05, 3.63) is 76.1 Å². The molecule has 124 valence electrons. The van der Waals surface area contributed by atoms with E-state index in [1.807, 2.05) is 59.2 Å². The van der Waals surface area contributed by atoms with Gasteiger partial charge in [0, 0.05) is 6.54 Å². The highest BCUT2D eigenvalue weighted by Gasteiger charge is 2.17. The molecule has 0 spiro atoms. The van der Waals surface area contributed by atoms with Crippen LogP contribution in [-0.4, -0.2) is 9.13 Å². The Hall–Kier alpha value is -2.62. The molecule has 0 saturated carbocycles. The van der Waals surface area contributed by atoms with Crippen LogP contribution < -0.4 is 11.2 Å². The number of aromatic nitrogens is 2. The van der Waals surface area contributed by atoms with Gasteiger partial charge in [-0.3, -0.25) is 14.8 Å². The molecule has 2 aromatic carbocycles. The third-order valence-corrected chi connectivity index (χ3v) is 4.00. The highest BCUT2D eigenvalue weighted by Crippen LogP contribution is 2.16. The molecule has 0 radical (unpaired) electrons. The first-order valence-corrected chi connectivity index (χ1v) is 8.18. The zero-order chi connectivity index (χ0) is 17.3. The fourth-order valence-electron chi connectivity index (χ4n) is 2.94. The van der Waals surface area contributed by atoms with E-state index in [-0.39, 0.29) is 16.6 Å². The van der Waals surface area contributed by atoms with E-state index in [1.54, 1.807) is 4.57 Å². The van der Waals surface area contributed by atoms with E-state index in [9.17, 15) is 4.79 Å². The third kappa shape index (κ3) is 3.18. The summed E-state index contributed by atoms with van der Waals surface area (Å²) in [6.45, 7) is 7.33. The van der Waals surface area contributed by atoms with Crippen molar-refractivity contribution in [3.63, 3.8) is 0 Å². The minimum atomic E-state index is -0.0881. The molecule has 1 heterocycles.